The van der Waals surface area contributed by atoms with Crippen molar-refractivity contribution in [3.63, 3.8) is 0 Å². The van der Waals surface area contributed by atoms with Gasteiger partial charge in [-0.25, -0.2) is 8.42 Å². The highest BCUT2D eigenvalue weighted by molar-refractivity contribution is 8.26. The van der Waals surface area contributed by atoms with Crippen LogP contribution in [0, 0.1) is 0 Å². The van der Waals surface area contributed by atoms with E-state index >= 15 is 0 Å². The summed E-state index contributed by atoms with van der Waals surface area (Å²) >= 11 is 18.7. The van der Waals surface area contributed by atoms with Crippen molar-refractivity contribution in [2.24, 2.45) is 0 Å². The SMILES string of the molecule is CCN1C(=O)C(=C2N(C)c3cc(Cl)c(Cl)cc3N2CC(=O)NS(C)(=O)=O)SC1=S. The van der Waals surface area contributed by atoms with Gasteiger partial charge < -0.3 is 9.80 Å². The summed E-state index contributed by atoms with van der Waals surface area (Å²) in [7, 11) is -2.03. The molecule has 0 aromatic heterocycles. The van der Waals surface area contributed by atoms with Gasteiger partial charge in [0.15, 0.2) is 0 Å². The van der Waals surface area contributed by atoms with Crippen molar-refractivity contribution in [3.05, 3.63) is 32.9 Å². The standard InChI is InChI=1S/C16H16Cl2N4O4S3/c1-4-21-15(24)13(28-16(21)27)14-20(2)10-5-8(17)9(18)6-11(10)22(14)7-12(23)19-29(3,25)26/h5-6H,4,7H2,1-3H3,(H,19,23). The molecule has 0 aliphatic carbocycles. The van der Waals surface area contributed by atoms with E-state index < -0.39 is 15.9 Å². The minimum absolute atomic E-state index is 0.259. The maximum Gasteiger partial charge on any atom is 0.269 e. The van der Waals surface area contributed by atoms with Crippen molar-refractivity contribution >= 4 is 84.7 Å². The maximum atomic E-state index is 12.9. The lowest BCUT2D eigenvalue weighted by atomic mass is 10.2. The quantitative estimate of drug-likeness (QED) is 0.503. The van der Waals surface area contributed by atoms with Gasteiger partial charge in [0.05, 0.1) is 27.7 Å². The van der Waals surface area contributed by atoms with Crippen LogP contribution in [0.25, 0.3) is 0 Å². The highest BCUT2D eigenvalue weighted by atomic mass is 35.5. The van der Waals surface area contributed by atoms with E-state index in [-0.39, 0.29) is 17.5 Å². The van der Waals surface area contributed by atoms with Crippen LogP contribution in [0.5, 0.6) is 0 Å². The average molecular weight is 495 g/mol. The average Bonchev–Trinajstić information content (AvgIpc) is 3.00. The van der Waals surface area contributed by atoms with Gasteiger partial charge >= 0.3 is 0 Å². The Labute approximate surface area is 187 Å². The first kappa shape index (κ1) is 22.2. The van der Waals surface area contributed by atoms with Gasteiger partial charge in [-0.2, -0.15) is 0 Å². The summed E-state index contributed by atoms with van der Waals surface area (Å²) in [5, 5.41) is 0.565. The number of nitrogens with one attached hydrogen (secondary N) is 1. The van der Waals surface area contributed by atoms with E-state index in [1.54, 1.807) is 24.1 Å². The monoisotopic (exact) mass is 494 g/mol. The molecule has 1 saturated heterocycles. The van der Waals surface area contributed by atoms with Crippen molar-refractivity contribution in [1.82, 2.24) is 9.62 Å². The van der Waals surface area contributed by atoms with E-state index in [2.05, 4.69) is 0 Å². The Morgan fingerprint density at radius 1 is 1.21 bits per heavy atom. The first-order valence-electron chi connectivity index (χ1n) is 8.23. The second-order valence-electron chi connectivity index (χ2n) is 6.27. The number of thioether (sulfide) groups is 1. The fourth-order valence-electron chi connectivity index (χ4n) is 3.04. The van der Waals surface area contributed by atoms with Gasteiger partial charge in [0.2, 0.25) is 10.0 Å². The van der Waals surface area contributed by atoms with Gasteiger partial charge in [-0.1, -0.05) is 47.2 Å². The van der Waals surface area contributed by atoms with Gasteiger partial charge in [0, 0.05) is 13.6 Å². The Kier molecular flexibility index (Phi) is 6.08. The van der Waals surface area contributed by atoms with E-state index in [1.165, 1.54) is 9.80 Å². The molecular formula is C16H16Cl2N4O4S3. The number of hydrogen-bond acceptors (Lipinski definition) is 8. The molecule has 1 aromatic carbocycles. The van der Waals surface area contributed by atoms with Crippen LogP contribution in [0.15, 0.2) is 22.9 Å². The number of likely N-dealkylation sites (N-methyl/N-ethyl adjacent to an activating group) is 1. The molecule has 0 saturated carbocycles. The molecule has 1 aromatic rings. The van der Waals surface area contributed by atoms with Gasteiger partial charge in [0.25, 0.3) is 11.8 Å². The van der Waals surface area contributed by atoms with Crippen LogP contribution in [-0.2, 0) is 19.6 Å². The topological polar surface area (TPSA) is 90.0 Å². The summed E-state index contributed by atoms with van der Waals surface area (Å²) in [5.41, 5.74) is 1.13. The molecule has 2 amide bonds. The molecule has 2 aliphatic rings. The highest BCUT2D eigenvalue weighted by Crippen LogP contribution is 2.48. The van der Waals surface area contributed by atoms with Crippen molar-refractivity contribution in [2.45, 2.75) is 6.92 Å². The minimum Gasteiger partial charge on any atom is -0.328 e. The van der Waals surface area contributed by atoms with Crippen molar-refractivity contribution < 1.29 is 18.0 Å². The molecule has 156 valence electrons. The third kappa shape index (κ3) is 4.19. The minimum atomic E-state index is -3.74. The Bertz CT molecular complexity index is 1070. The predicted octanol–water partition coefficient (Wildman–Crippen LogP) is 2.37. The van der Waals surface area contributed by atoms with E-state index in [9.17, 15) is 18.0 Å². The molecule has 2 aliphatic heterocycles. The van der Waals surface area contributed by atoms with Gasteiger partial charge in [-0.05, 0) is 19.1 Å². The second kappa shape index (κ2) is 7.95. The van der Waals surface area contributed by atoms with E-state index in [0.29, 0.717) is 38.0 Å². The highest BCUT2D eigenvalue weighted by Gasteiger charge is 2.41. The lowest BCUT2D eigenvalue weighted by Gasteiger charge is -2.23. The Balaban J connectivity index is 2.14. The predicted molar refractivity (Wildman–Crippen MR) is 120 cm³/mol. The number of anilines is 2. The van der Waals surface area contributed by atoms with Crippen LogP contribution in [0.2, 0.25) is 10.0 Å². The van der Waals surface area contributed by atoms with Crippen LogP contribution < -0.4 is 14.5 Å². The molecule has 0 unspecified atom stereocenters. The van der Waals surface area contributed by atoms with E-state index in [0.717, 1.165) is 18.0 Å². The molecule has 8 nitrogen and oxygen atoms in total. The lowest BCUT2D eigenvalue weighted by molar-refractivity contribution is -0.122. The molecule has 1 fully saturated rings. The molecule has 2 heterocycles. The number of fused-ring (bicyclic) bond motifs is 1. The number of carbonyl (C=O) groups excluding carboxylic acids is 2. The molecule has 0 radical (unpaired) electrons. The van der Waals surface area contributed by atoms with Crippen LogP contribution in [0.3, 0.4) is 0 Å². The van der Waals surface area contributed by atoms with Gasteiger partial charge in [0.1, 0.15) is 21.6 Å². The van der Waals surface area contributed by atoms with Crippen LogP contribution in [-0.4, -0.2) is 55.8 Å². The summed E-state index contributed by atoms with van der Waals surface area (Å²) in [6.45, 7) is 1.86. The molecule has 13 heteroatoms. The molecule has 3 rings (SSSR count). The number of rotatable bonds is 4. The van der Waals surface area contributed by atoms with Crippen LogP contribution in [0.1, 0.15) is 6.92 Å². The number of benzene rings is 1. The lowest BCUT2D eigenvalue weighted by Crippen LogP contribution is -2.40. The number of amides is 2. The number of halogens is 2. The Morgan fingerprint density at radius 2 is 1.79 bits per heavy atom. The summed E-state index contributed by atoms with van der Waals surface area (Å²) in [6.07, 6.45) is 0.888. The number of carbonyl (C=O) groups is 2. The molecule has 0 bridgehead atoms. The fraction of sp³-hybridized carbons (Fsp3) is 0.312. The summed E-state index contributed by atoms with van der Waals surface area (Å²) in [5.74, 6) is -0.651. The second-order valence-corrected chi connectivity index (χ2v) is 10.5. The third-order valence-electron chi connectivity index (χ3n) is 4.21. The zero-order valence-electron chi connectivity index (χ0n) is 15.5. The Morgan fingerprint density at radius 3 is 2.31 bits per heavy atom. The van der Waals surface area contributed by atoms with Crippen molar-refractivity contribution in [1.29, 1.82) is 0 Å². The summed E-state index contributed by atoms with van der Waals surface area (Å²) < 4.78 is 25.2. The van der Waals surface area contributed by atoms with Gasteiger partial charge in [-0.15, -0.1) is 0 Å². The molecule has 0 atom stereocenters. The smallest absolute Gasteiger partial charge is 0.269 e. The zero-order valence-corrected chi connectivity index (χ0v) is 19.5. The third-order valence-corrected chi connectivity index (χ3v) is 6.96. The van der Waals surface area contributed by atoms with Gasteiger partial charge in [-0.3, -0.25) is 19.2 Å². The largest absolute Gasteiger partial charge is 0.328 e. The normalized spacial score (nSPS) is 19.3. The molecule has 29 heavy (non-hydrogen) atoms. The van der Waals surface area contributed by atoms with Crippen molar-refractivity contribution in [2.75, 3.05) is 36.2 Å². The number of hydrogen-bond donors (Lipinski definition) is 1. The molecular weight excluding hydrogens is 479 g/mol. The molecule has 0 spiro atoms. The van der Waals surface area contributed by atoms with Crippen LogP contribution in [0.4, 0.5) is 11.4 Å². The maximum absolute atomic E-state index is 12.9. The number of sulfonamides is 1. The first-order valence-corrected chi connectivity index (χ1v) is 12.1. The van der Waals surface area contributed by atoms with E-state index in [4.69, 9.17) is 35.4 Å². The van der Waals surface area contributed by atoms with Crippen molar-refractivity contribution in [3.8, 4) is 0 Å². The number of nitrogens with zero attached hydrogens (tertiary/aromatic N) is 3. The zero-order chi connectivity index (χ0) is 21.7. The summed E-state index contributed by atoms with van der Waals surface area (Å²) in [6, 6.07) is 3.19. The fourth-order valence-corrected chi connectivity index (χ4v) is 5.33. The Hall–Kier alpha value is -1.53. The summed E-state index contributed by atoms with van der Waals surface area (Å²) in [4.78, 5) is 30.2. The molecule has 1 N–H and O–H groups in total. The number of thiocarbonyl (C=S) groups is 1. The van der Waals surface area contributed by atoms with E-state index in [1.807, 2.05) is 11.6 Å². The first-order chi connectivity index (χ1) is 13.4. The van der Waals surface area contributed by atoms with Crippen LogP contribution >= 0.6 is 47.2 Å².